The van der Waals surface area contributed by atoms with E-state index in [4.69, 9.17) is 4.74 Å². The molecule has 1 aromatic rings. The average Bonchev–Trinajstić information content (AvgIpc) is 2.35. The molecule has 2 rings (SSSR count). The number of ether oxygens (including phenoxy) is 1. The molecule has 1 heterocycles. The lowest BCUT2D eigenvalue weighted by molar-refractivity contribution is -0.151. The highest BCUT2D eigenvalue weighted by Gasteiger charge is 2.50. The lowest BCUT2D eigenvalue weighted by Crippen LogP contribution is -2.64. The summed E-state index contributed by atoms with van der Waals surface area (Å²) in [5.74, 6) is -0.703. The van der Waals surface area contributed by atoms with Crippen LogP contribution in [-0.4, -0.2) is 25.0 Å². The molecule has 2 atom stereocenters. The Morgan fingerprint density at radius 1 is 1.29 bits per heavy atom. The van der Waals surface area contributed by atoms with E-state index < -0.39 is 6.04 Å². The van der Waals surface area contributed by atoms with E-state index in [1.54, 1.807) is 6.92 Å². The molecule has 4 heteroatoms. The van der Waals surface area contributed by atoms with Crippen molar-refractivity contribution in [3.8, 4) is 0 Å². The first-order chi connectivity index (χ1) is 8.06. The Balaban J connectivity index is 2.28. The van der Waals surface area contributed by atoms with Gasteiger partial charge in [0, 0.05) is 5.69 Å². The van der Waals surface area contributed by atoms with Crippen molar-refractivity contribution in [3.63, 3.8) is 0 Å². The van der Waals surface area contributed by atoms with Gasteiger partial charge in [0.2, 0.25) is 5.91 Å². The van der Waals surface area contributed by atoms with E-state index in [1.807, 2.05) is 31.2 Å². The Bertz CT molecular complexity index is 452. The zero-order valence-electron chi connectivity index (χ0n) is 10.1. The van der Waals surface area contributed by atoms with Crippen molar-refractivity contribution >= 4 is 17.6 Å². The van der Waals surface area contributed by atoms with Gasteiger partial charge in [0.1, 0.15) is 6.04 Å². The predicted octanol–water partition coefficient (Wildman–Crippen LogP) is 1.52. The number of hydrogen-bond donors (Lipinski definition) is 0. The molecule has 2 unspecified atom stereocenters. The maximum atomic E-state index is 11.8. The molecule has 1 fully saturated rings. The number of hydrogen-bond acceptors (Lipinski definition) is 3. The highest BCUT2D eigenvalue weighted by Crippen LogP contribution is 2.33. The number of β-lactam (4-membered cyclic amide) rings is 1. The number of anilines is 1. The molecule has 17 heavy (non-hydrogen) atoms. The van der Waals surface area contributed by atoms with Crippen LogP contribution >= 0.6 is 0 Å². The number of rotatable bonds is 2. The predicted molar refractivity (Wildman–Crippen MR) is 63.6 cm³/mol. The minimum absolute atomic E-state index is 0.0377. The third-order valence-electron chi connectivity index (χ3n) is 3.13. The smallest absolute Gasteiger partial charge is 0.329 e. The zero-order chi connectivity index (χ0) is 12.6. The summed E-state index contributed by atoms with van der Waals surface area (Å²) < 4.78 is 4.72. The van der Waals surface area contributed by atoms with E-state index in [0.717, 1.165) is 11.3 Å². The topological polar surface area (TPSA) is 46.6 Å². The van der Waals surface area contributed by atoms with Gasteiger partial charge in [-0.05, 0) is 19.1 Å². The number of carbonyl (C=O) groups is 2. The molecule has 1 aliphatic heterocycles. The number of benzene rings is 1. The Morgan fingerprint density at radius 3 is 2.41 bits per heavy atom. The van der Waals surface area contributed by atoms with Crippen LogP contribution in [0.3, 0.4) is 0 Å². The van der Waals surface area contributed by atoms with Gasteiger partial charge in [-0.2, -0.15) is 0 Å². The number of amides is 1. The van der Waals surface area contributed by atoms with Gasteiger partial charge in [0.15, 0.2) is 0 Å². The molecule has 0 bridgehead atoms. The summed E-state index contributed by atoms with van der Waals surface area (Å²) in [5, 5.41) is 0. The third kappa shape index (κ3) is 1.79. The SMILES string of the molecule is COC(=O)C1C(C)C(=O)N1c1ccc(C)cc1. The van der Waals surface area contributed by atoms with E-state index in [1.165, 1.54) is 12.0 Å². The summed E-state index contributed by atoms with van der Waals surface area (Å²) in [5.41, 5.74) is 1.86. The van der Waals surface area contributed by atoms with E-state index in [9.17, 15) is 9.59 Å². The Morgan fingerprint density at radius 2 is 1.88 bits per heavy atom. The lowest BCUT2D eigenvalue weighted by atomic mass is 9.88. The molecule has 0 aliphatic carbocycles. The number of aryl methyl sites for hydroxylation is 1. The van der Waals surface area contributed by atoms with E-state index in [0.29, 0.717) is 0 Å². The van der Waals surface area contributed by atoms with Crippen LogP contribution in [0.2, 0.25) is 0 Å². The summed E-state index contributed by atoms with van der Waals surface area (Å²) in [4.78, 5) is 24.9. The fraction of sp³-hybridized carbons (Fsp3) is 0.385. The monoisotopic (exact) mass is 233 g/mol. The standard InChI is InChI=1S/C13H15NO3/c1-8-4-6-10(7-5-8)14-11(13(16)17-3)9(2)12(14)15/h4-7,9,11H,1-3H3. The molecule has 0 N–H and O–H groups in total. The highest BCUT2D eigenvalue weighted by atomic mass is 16.5. The minimum atomic E-state index is -0.491. The van der Waals surface area contributed by atoms with Crippen LogP contribution in [0.15, 0.2) is 24.3 Å². The number of nitrogens with zero attached hydrogens (tertiary/aromatic N) is 1. The van der Waals surface area contributed by atoms with E-state index in [-0.39, 0.29) is 17.8 Å². The number of esters is 1. The van der Waals surface area contributed by atoms with Crippen LogP contribution < -0.4 is 4.90 Å². The van der Waals surface area contributed by atoms with Crippen molar-refractivity contribution in [2.45, 2.75) is 19.9 Å². The first kappa shape index (κ1) is 11.6. The van der Waals surface area contributed by atoms with Crippen molar-refractivity contribution in [2.75, 3.05) is 12.0 Å². The van der Waals surface area contributed by atoms with E-state index in [2.05, 4.69) is 0 Å². The summed E-state index contributed by atoms with van der Waals surface area (Å²) in [6.45, 7) is 3.72. The van der Waals surface area contributed by atoms with Crippen LogP contribution in [0.25, 0.3) is 0 Å². The molecule has 90 valence electrons. The molecule has 1 saturated heterocycles. The van der Waals surface area contributed by atoms with Crippen molar-refractivity contribution in [1.82, 2.24) is 0 Å². The van der Waals surface area contributed by atoms with E-state index >= 15 is 0 Å². The number of carbonyl (C=O) groups excluding carboxylic acids is 2. The molecule has 0 aromatic heterocycles. The van der Waals surface area contributed by atoms with Gasteiger partial charge in [-0.15, -0.1) is 0 Å². The van der Waals surface area contributed by atoms with Crippen molar-refractivity contribution in [1.29, 1.82) is 0 Å². The molecule has 1 amide bonds. The third-order valence-corrected chi connectivity index (χ3v) is 3.13. The van der Waals surface area contributed by atoms with Gasteiger partial charge in [-0.25, -0.2) is 4.79 Å². The summed E-state index contributed by atoms with van der Waals surface area (Å²) in [7, 11) is 1.34. The van der Waals surface area contributed by atoms with Gasteiger partial charge < -0.3 is 4.74 Å². The maximum absolute atomic E-state index is 11.8. The van der Waals surface area contributed by atoms with Crippen LogP contribution in [-0.2, 0) is 14.3 Å². The minimum Gasteiger partial charge on any atom is -0.467 e. The summed E-state index contributed by atoms with van der Waals surface area (Å²) in [6, 6.07) is 7.03. The summed E-state index contributed by atoms with van der Waals surface area (Å²) in [6.07, 6.45) is 0. The average molecular weight is 233 g/mol. The van der Waals surface area contributed by atoms with Crippen LogP contribution in [0.5, 0.6) is 0 Å². The Hall–Kier alpha value is -1.84. The van der Waals surface area contributed by atoms with Crippen LogP contribution in [0, 0.1) is 12.8 Å². The zero-order valence-corrected chi connectivity index (χ0v) is 10.1. The first-order valence-electron chi connectivity index (χ1n) is 5.54. The van der Waals surface area contributed by atoms with Crippen molar-refractivity contribution in [3.05, 3.63) is 29.8 Å². The molecule has 0 spiro atoms. The largest absolute Gasteiger partial charge is 0.467 e. The highest BCUT2D eigenvalue weighted by molar-refractivity contribution is 6.10. The normalized spacial score (nSPS) is 23.2. The number of methoxy groups -OCH3 is 1. The summed E-state index contributed by atoms with van der Waals surface area (Å²) >= 11 is 0. The fourth-order valence-corrected chi connectivity index (χ4v) is 2.06. The molecule has 1 aliphatic rings. The van der Waals surface area contributed by atoms with Gasteiger partial charge in [-0.3, -0.25) is 9.69 Å². The van der Waals surface area contributed by atoms with Crippen LogP contribution in [0.4, 0.5) is 5.69 Å². The maximum Gasteiger partial charge on any atom is 0.329 e. The molecule has 1 aromatic carbocycles. The fourth-order valence-electron chi connectivity index (χ4n) is 2.06. The molecule has 0 saturated carbocycles. The Kier molecular flexibility index (Phi) is 2.88. The lowest BCUT2D eigenvalue weighted by Gasteiger charge is -2.43. The molecular formula is C13H15NO3. The quantitative estimate of drug-likeness (QED) is 0.574. The Labute approximate surface area is 100 Å². The van der Waals surface area contributed by atoms with Crippen molar-refractivity contribution < 1.29 is 14.3 Å². The van der Waals surface area contributed by atoms with Crippen molar-refractivity contribution in [2.24, 2.45) is 5.92 Å². The van der Waals surface area contributed by atoms with Gasteiger partial charge >= 0.3 is 5.97 Å². The van der Waals surface area contributed by atoms with Crippen LogP contribution in [0.1, 0.15) is 12.5 Å². The molecule has 4 nitrogen and oxygen atoms in total. The molecular weight excluding hydrogens is 218 g/mol. The van der Waals surface area contributed by atoms with Gasteiger partial charge in [0.05, 0.1) is 13.0 Å². The first-order valence-corrected chi connectivity index (χ1v) is 5.54. The second-order valence-corrected chi connectivity index (χ2v) is 4.30. The second kappa shape index (κ2) is 4.20. The second-order valence-electron chi connectivity index (χ2n) is 4.30. The molecule has 0 radical (unpaired) electrons. The van der Waals surface area contributed by atoms with Gasteiger partial charge in [-0.1, -0.05) is 24.6 Å². The van der Waals surface area contributed by atoms with Gasteiger partial charge in [0.25, 0.3) is 0 Å².